The maximum absolute atomic E-state index is 12.9. The van der Waals surface area contributed by atoms with Crippen LogP contribution in [0.5, 0.6) is 5.75 Å². The van der Waals surface area contributed by atoms with Crippen LogP contribution in [-0.4, -0.2) is 52.8 Å². The van der Waals surface area contributed by atoms with Crippen molar-refractivity contribution in [3.63, 3.8) is 0 Å². The normalized spacial score (nSPS) is 22.9. The highest BCUT2D eigenvalue weighted by Gasteiger charge is 2.53. The summed E-state index contributed by atoms with van der Waals surface area (Å²) in [7, 11) is 1.33. The van der Waals surface area contributed by atoms with Gasteiger partial charge in [0.1, 0.15) is 23.0 Å². The first-order valence-corrected chi connectivity index (χ1v) is 10.7. The van der Waals surface area contributed by atoms with E-state index in [2.05, 4.69) is 19.1 Å². The van der Waals surface area contributed by atoms with Crippen LogP contribution in [0.3, 0.4) is 0 Å². The highest BCUT2D eigenvalue weighted by Crippen LogP contribution is 2.44. The second kappa shape index (κ2) is 7.39. The van der Waals surface area contributed by atoms with E-state index in [-0.39, 0.29) is 6.54 Å². The van der Waals surface area contributed by atoms with Gasteiger partial charge in [-0.3, -0.25) is 4.90 Å². The van der Waals surface area contributed by atoms with Crippen molar-refractivity contribution in [2.24, 2.45) is 0 Å². The lowest BCUT2D eigenvalue weighted by atomic mass is 9.87. The largest absolute Gasteiger partial charge is 0.483 e. The molecule has 1 fully saturated rings. The number of amides is 1. The van der Waals surface area contributed by atoms with Crippen LogP contribution in [-0.2, 0) is 20.7 Å². The highest BCUT2D eigenvalue weighted by atomic mass is 16.6. The summed E-state index contributed by atoms with van der Waals surface area (Å²) in [6.07, 6.45) is 1.32. The fourth-order valence-corrected chi connectivity index (χ4v) is 4.63. The Morgan fingerprint density at radius 1 is 1.26 bits per heavy atom. The summed E-state index contributed by atoms with van der Waals surface area (Å²) < 4.78 is 17.1. The minimum absolute atomic E-state index is 0.270. The molecule has 0 bridgehead atoms. The molecule has 7 heteroatoms. The average molecular weight is 427 g/mol. The van der Waals surface area contributed by atoms with Gasteiger partial charge in [0.2, 0.25) is 0 Å². The van der Waals surface area contributed by atoms with E-state index in [1.807, 2.05) is 13.0 Å². The third-order valence-corrected chi connectivity index (χ3v) is 6.02. The van der Waals surface area contributed by atoms with E-state index in [4.69, 9.17) is 19.2 Å². The summed E-state index contributed by atoms with van der Waals surface area (Å²) in [6.45, 7) is 9.69. The molecule has 0 N–H and O–H groups in total. The van der Waals surface area contributed by atoms with Crippen LogP contribution in [0.2, 0.25) is 0 Å². The molecule has 166 valence electrons. The van der Waals surface area contributed by atoms with E-state index >= 15 is 0 Å². The molecule has 2 aliphatic rings. The van der Waals surface area contributed by atoms with Crippen molar-refractivity contribution >= 4 is 23.0 Å². The molecular formula is C24H30N2O5. The van der Waals surface area contributed by atoms with Crippen LogP contribution >= 0.6 is 0 Å². The summed E-state index contributed by atoms with van der Waals surface area (Å²) in [5, 5.41) is 1.10. The summed E-state index contributed by atoms with van der Waals surface area (Å²) in [5.74, 6) is 0.306. The molecule has 0 saturated carbocycles. The van der Waals surface area contributed by atoms with Gasteiger partial charge < -0.3 is 14.2 Å². The second-order valence-corrected chi connectivity index (χ2v) is 9.66. The number of fused-ring (bicyclic) bond motifs is 3. The number of aryl methyl sites for hydroxylation is 3. The van der Waals surface area contributed by atoms with E-state index in [1.165, 1.54) is 17.6 Å². The van der Waals surface area contributed by atoms with Crippen LogP contribution < -0.4 is 4.74 Å². The average Bonchev–Trinajstić information content (AvgIpc) is 3.06. The van der Waals surface area contributed by atoms with Crippen LogP contribution in [0.4, 0.5) is 4.79 Å². The second-order valence-electron chi connectivity index (χ2n) is 9.66. The molecule has 1 aromatic carbocycles. The molecule has 2 atom stereocenters. The predicted molar refractivity (Wildman–Crippen MR) is 116 cm³/mol. The molecule has 3 heterocycles. The predicted octanol–water partition coefficient (Wildman–Crippen LogP) is 4.10. The number of hydrogen-bond donors (Lipinski definition) is 0. The van der Waals surface area contributed by atoms with Gasteiger partial charge in [-0.2, -0.15) is 0 Å². The number of benzene rings is 1. The van der Waals surface area contributed by atoms with Crippen LogP contribution in [0.1, 0.15) is 50.4 Å². The van der Waals surface area contributed by atoms with Gasteiger partial charge >= 0.3 is 12.1 Å². The molecular weight excluding hydrogens is 396 g/mol. The van der Waals surface area contributed by atoms with Gasteiger partial charge in [-0.1, -0.05) is 11.6 Å². The molecule has 0 aliphatic carbocycles. The van der Waals surface area contributed by atoms with E-state index < -0.39 is 29.3 Å². The number of aromatic nitrogens is 1. The SMILES string of the molecule is COC(=O)C1CC2(CCc3c(c(C)nc4ccc(C)cc34)O2)CN1C(=O)OC(C)(C)C. The quantitative estimate of drug-likeness (QED) is 0.639. The minimum Gasteiger partial charge on any atom is -0.483 e. The Balaban J connectivity index is 1.69. The number of ether oxygens (including phenoxy) is 3. The van der Waals surface area contributed by atoms with Gasteiger partial charge in [-0.15, -0.1) is 0 Å². The van der Waals surface area contributed by atoms with Gasteiger partial charge in [-0.05, 0) is 59.6 Å². The lowest BCUT2D eigenvalue weighted by Crippen LogP contribution is -2.46. The number of methoxy groups -OCH3 is 1. The molecule has 2 aliphatic heterocycles. The number of nitrogens with zero attached hydrogens (tertiary/aromatic N) is 2. The maximum Gasteiger partial charge on any atom is 0.411 e. The number of pyridine rings is 1. The Morgan fingerprint density at radius 2 is 2.00 bits per heavy atom. The third kappa shape index (κ3) is 3.93. The van der Waals surface area contributed by atoms with E-state index in [9.17, 15) is 9.59 Å². The van der Waals surface area contributed by atoms with E-state index in [0.29, 0.717) is 12.8 Å². The van der Waals surface area contributed by atoms with E-state index in [1.54, 1.807) is 20.8 Å². The molecule has 1 saturated heterocycles. The van der Waals surface area contributed by atoms with Gasteiger partial charge in [0.25, 0.3) is 0 Å². The first kappa shape index (κ1) is 21.4. The topological polar surface area (TPSA) is 78.0 Å². The Bertz CT molecular complexity index is 1060. The van der Waals surface area contributed by atoms with Crippen molar-refractivity contribution < 1.29 is 23.8 Å². The minimum atomic E-state index is -0.739. The molecule has 1 aromatic heterocycles. The maximum atomic E-state index is 12.9. The van der Waals surface area contributed by atoms with Gasteiger partial charge in [0.05, 0.1) is 24.9 Å². The fourth-order valence-electron chi connectivity index (χ4n) is 4.63. The van der Waals surface area contributed by atoms with Gasteiger partial charge in [0, 0.05) is 17.4 Å². The zero-order valence-electron chi connectivity index (χ0n) is 19.1. The van der Waals surface area contributed by atoms with Crippen LogP contribution in [0.25, 0.3) is 10.9 Å². The molecule has 1 amide bonds. The summed E-state index contributed by atoms with van der Waals surface area (Å²) in [6, 6.07) is 5.50. The number of rotatable bonds is 1. The summed E-state index contributed by atoms with van der Waals surface area (Å²) >= 11 is 0. The van der Waals surface area contributed by atoms with E-state index in [0.717, 1.165) is 34.3 Å². The monoisotopic (exact) mass is 426 g/mol. The Kier molecular flexibility index (Phi) is 5.10. The Morgan fingerprint density at radius 3 is 2.68 bits per heavy atom. The number of carbonyl (C=O) groups is 2. The molecule has 7 nitrogen and oxygen atoms in total. The first-order valence-electron chi connectivity index (χ1n) is 10.7. The number of hydrogen-bond acceptors (Lipinski definition) is 6. The molecule has 1 spiro atoms. The van der Waals surface area contributed by atoms with Crippen molar-refractivity contribution in [2.45, 2.75) is 71.1 Å². The van der Waals surface area contributed by atoms with Crippen molar-refractivity contribution in [1.82, 2.24) is 9.88 Å². The van der Waals surface area contributed by atoms with Crippen molar-refractivity contribution in [1.29, 1.82) is 0 Å². The lowest BCUT2D eigenvalue weighted by molar-refractivity contribution is -0.145. The standard InChI is InChI=1S/C24H30N2O5/c1-14-7-8-18-17(11-14)16-9-10-24(30-20(16)15(2)25-18)12-19(21(27)29-6)26(13-24)22(28)31-23(3,4)5/h7-8,11,19H,9-10,12-13H2,1-6H3. The third-order valence-electron chi connectivity index (χ3n) is 6.02. The number of esters is 1. The summed E-state index contributed by atoms with van der Waals surface area (Å²) in [5.41, 5.74) is 2.74. The number of likely N-dealkylation sites (tertiary alicyclic amines) is 1. The molecule has 2 unspecified atom stereocenters. The zero-order valence-corrected chi connectivity index (χ0v) is 19.1. The molecule has 2 aromatic rings. The lowest BCUT2D eigenvalue weighted by Gasteiger charge is -2.36. The first-order chi connectivity index (χ1) is 14.5. The highest BCUT2D eigenvalue weighted by molar-refractivity contribution is 5.86. The molecule has 31 heavy (non-hydrogen) atoms. The Hall–Kier alpha value is -2.83. The van der Waals surface area contributed by atoms with Crippen molar-refractivity contribution in [3.8, 4) is 5.75 Å². The number of carbonyl (C=O) groups excluding carboxylic acids is 2. The summed E-state index contributed by atoms with van der Waals surface area (Å²) in [4.78, 5) is 31.6. The van der Waals surface area contributed by atoms with Crippen molar-refractivity contribution in [2.75, 3.05) is 13.7 Å². The Labute approximate surface area is 182 Å². The van der Waals surface area contributed by atoms with Crippen LogP contribution in [0.15, 0.2) is 18.2 Å². The fraction of sp³-hybridized carbons (Fsp3) is 0.542. The zero-order chi connectivity index (χ0) is 22.6. The molecule has 4 rings (SSSR count). The van der Waals surface area contributed by atoms with Gasteiger partial charge in [0.15, 0.2) is 0 Å². The van der Waals surface area contributed by atoms with Crippen molar-refractivity contribution in [3.05, 3.63) is 35.0 Å². The smallest absolute Gasteiger partial charge is 0.411 e. The molecule has 0 radical (unpaired) electrons. The van der Waals surface area contributed by atoms with Crippen LogP contribution in [0, 0.1) is 13.8 Å². The van der Waals surface area contributed by atoms with Gasteiger partial charge in [-0.25, -0.2) is 14.6 Å².